The molecular formula is C27H40N4O2. The zero-order valence-corrected chi connectivity index (χ0v) is 21.0. The molecule has 1 aliphatic rings. The summed E-state index contributed by atoms with van der Waals surface area (Å²) in [5.74, 6) is 2.71. The van der Waals surface area contributed by atoms with E-state index in [0.717, 1.165) is 48.5 Å². The molecule has 0 bridgehead atoms. The summed E-state index contributed by atoms with van der Waals surface area (Å²) >= 11 is 0. The number of nitrogens with zero attached hydrogens (tertiary/aromatic N) is 3. The van der Waals surface area contributed by atoms with Crippen LogP contribution in [-0.2, 0) is 22.4 Å². The van der Waals surface area contributed by atoms with Gasteiger partial charge in [-0.1, -0.05) is 44.0 Å². The van der Waals surface area contributed by atoms with E-state index in [-0.39, 0.29) is 17.6 Å². The van der Waals surface area contributed by atoms with Crippen LogP contribution in [-0.4, -0.2) is 33.5 Å². The number of rotatable bonds is 13. The van der Waals surface area contributed by atoms with E-state index < -0.39 is 0 Å². The molecule has 1 aromatic carbocycles. The summed E-state index contributed by atoms with van der Waals surface area (Å²) in [6.45, 7) is 8.61. The van der Waals surface area contributed by atoms with Crippen molar-refractivity contribution in [3.05, 3.63) is 46.5 Å². The first kappa shape index (κ1) is 25.1. The SMILES string of the molecule is CNC(=O)CCC(CC(=O)Cc1ccc(C)cc1C)c1nnc(CCCC(C)C)n1C1CC1. The predicted molar refractivity (Wildman–Crippen MR) is 131 cm³/mol. The third kappa shape index (κ3) is 7.24. The van der Waals surface area contributed by atoms with Gasteiger partial charge in [-0.2, -0.15) is 0 Å². The highest BCUT2D eigenvalue weighted by Crippen LogP contribution is 2.39. The first-order valence-electron chi connectivity index (χ1n) is 12.5. The van der Waals surface area contributed by atoms with Crippen LogP contribution >= 0.6 is 0 Å². The second-order valence-corrected chi connectivity index (χ2v) is 10.1. The van der Waals surface area contributed by atoms with Crippen LogP contribution in [0.25, 0.3) is 0 Å². The summed E-state index contributed by atoms with van der Waals surface area (Å²) in [7, 11) is 1.65. The second kappa shape index (κ2) is 11.6. The molecule has 1 aromatic heterocycles. The van der Waals surface area contributed by atoms with Crippen molar-refractivity contribution >= 4 is 11.7 Å². The van der Waals surface area contributed by atoms with Gasteiger partial charge in [-0.25, -0.2) is 0 Å². The van der Waals surface area contributed by atoms with Crippen LogP contribution in [0.15, 0.2) is 18.2 Å². The molecule has 33 heavy (non-hydrogen) atoms. The molecule has 0 saturated heterocycles. The van der Waals surface area contributed by atoms with Gasteiger partial charge in [0.2, 0.25) is 5.91 Å². The van der Waals surface area contributed by atoms with E-state index in [9.17, 15) is 9.59 Å². The summed E-state index contributed by atoms with van der Waals surface area (Å²) in [4.78, 5) is 25.1. The first-order valence-corrected chi connectivity index (χ1v) is 12.5. The largest absolute Gasteiger partial charge is 0.359 e. The summed E-state index contributed by atoms with van der Waals surface area (Å²) in [5, 5.41) is 11.9. The van der Waals surface area contributed by atoms with E-state index in [0.29, 0.717) is 37.6 Å². The topological polar surface area (TPSA) is 76.9 Å². The monoisotopic (exact) mass is 452 g/mol. The van der Waals surface area contributed by atoms with Crippen molar-refractivity contribution in [2.45, 2.75) is 97.4 Å². The van der Waals surface area contributed by atoms with E-state index in [1.807, 2.05) is 0 Å². The van der Waals surface area contributed by atoms with E-state index in [1.165, 1.54) is 12.0 Å². The molecule has 0 spiro atoms. The third-order valence-electron chi connectivity index (χ3n) is 6.61. The minimum Gasteiger partial charge on any atom is -0.359 e. The van der Waals surface area contributed by atoms with E-state index in [2.05, 4.69) is 66.0 Å². The normalized spacial score (nSPS) is 14.5. The quantitative estimate of drug-likeness (QED) is 0.463. The molecule has 1 heterocycles. The molecule has 0 radical (unpaired) electrons. The molecule has 6 heteroatoms. The molecule has 1 aliphatic carbocycles. The number of carbonyl (C=O) groups excluding carboxylic acids is 2. The average Bonchev–Trinajstić information content (AvgIpc) is 3.52. The van der Waals surface area contributed by atoms with Gasteiger partial charge in [0.15, 0.2) is 0 Å². The average molecular weight is 453 g/mol. The lowest BCUT2D eigenvalue weighted by Crippen LogP contribution is -2.21. The maximum Gasteiger partial charge on any atom is 0.219 e. The van der Waals surface area contributed by atoms with Crippen molar-refractivity contribution in [2.75, 3.05) is 7.05 Å². The predicted octanol–water partition coefficient (Wildman–Crippen LogP) is 5.02. The zero-order valence-electron chi connectivity index (χ0n) is 21.0. The van der Waals surface area contributed by atoms with Gasteiger partial charge in [0.05, 0.1) is 0 Å². The second-order valence-electron chi connectivity index (χ2n) is 10.1. The highest BCUT2D eigenvalue weighted by atomic mass is 16.1. The van der Waals surface area contributed by atoms with Crippen molar-refractivity contribution in [1.29, 1.82) is 0 Å². The zero-order chi connectivity index (χ0) is 24.0. The fourth-order valence-electron chi connectivity index (χ4n) is 4.54. The van der Waals surface area contributed by atoms with Crippen molar-refractivity contribution in [2.24, 2.45) is 5.92 Å². The molecule has 1 amide bonds. The smallest absolute Gasteiger partial charge is 0.219 e. The van der Waals surface area contributed by atoms with Crippen molar-refractivity contribution in [3.8, 4) is 0 Å². The Labute approximate surface area is 198 Å². The maximum absolute atomic E-state index is 13.1. The summed E-state index contributed by atoms with van der Waals surface area (Å²) in [5.41, 5.74) is 3.43. The Morgan fingerprint density at radius 2 is 1.91 bits per heavy atom. The molecule has 0 aliphatic heterocycles. The molecule has 6 nitrogen and oxygen atoms in total. The molecule has 1 N–H and O–H groups in total. The number of nitrogens with one attached hydrogen (secondary N) is 1. The number of hydrogen-bond donors (Lipinski definition) is 1. The van der Waals surface area contributed by atoms with Crippen LogP contribution in [0.4, 0.5) is 0 Å². The molecule has 180 valence electrons. The highest BCUT2D eigenvalue weighted by Gasteiger charge is 2.33. The number of aryl methyl sites for hydroxylation is 3. The summed E-state index contributed by atoms with van der Waals surface area (Å²) in [6.07, 6.45) is 7.26. The fourth-order valence-corrected chi connectivity index (χ4v) is 4.54. The lowest BCUT2D eigenvalue weighted by molar-refractivity contribution is -0.122. The molecule has 1 atom stereocenters. The molecular weight excluding hydrogens is 412 g/mol. The summed E-state index contributed by atoms with van der Waals surface area (Å²) in [6, 6.07) is 6.69. The molecule has 1 saturated carbocycles. The van der Waals surface area contributed by atoms with Gasteiger partial charge in [0, 0.05) is 44.7 Å². The summed E-state index contributed by atoms with van der Waals surface area (Å²) < 4.78 is 2.30. The Morgan fingerprint density at radius 1 is 1.15 bits per heavy atom. The highest BCUT2D eigenvalue weighted by molar-refractivity contribution is 5.82. The maximum atomic E-state index is 13.1. The molecule has 3 rings (SSSR count). The Morgan fingerprint density at radius 3 is 2.55 bits per heavy atom. The van der Waals surface area contributed by atoms with Gasteiger partial charge in [-0.3, -0.25) is 9.59 Å². The van der Waals surface area contributed by atoms with Gasteiger partial charge in [-0.15, -0.1) is 10.2 Å². The molecule has 1 fully saturated rings. The van der Waals surface area contributed by atoms with E-state index in [4.69, 9.17) is 0 Å². The van der Waals surface area contributed by atoms with Crippen LogP contribution < -0.4 is 5.32 Å². The minimum absolute atomic E-state index is 0.00327. The van der Waals surface area contributed by atoms with E-state index >= 15 is 0 Å². The number of aromatic nitrogens is 3. The van der Waals surface area contributed by atoms with Crippen molar-refractivity contribution in [1.82, 2.24) is 20.1 Å². The van der Waals surface area contributed by atoms with Crippen LogP contribution in [0, 0.1) is 19.8 Å². The van der Waals surface area contributed by atoms with Gasteiger partial charge in [0.25, 0.3) is 0 Å². The Hall–Kier alpha value is -2.50. The lowest BCUT2D eigenvalue weighted by Gasteiger charge is -2.18. The third-order valence-corrected chi connectivity index (χ3v) is 6.61. The van der Waals surface area contributed by atoms with Gasteiger partial charge in [0.1, 0.15) is 17.4 Å². The van der Waals surface area contributed by atoms with Crippen molar-refractivity contribution < 1.29 is 9.59 Å². The molecule has 1 unspecified atom stereocenters. The van der Waals surface area contributed by atoms with Crippen LogP contribution in [0.5, 0.6) is 0 Å². The van der Waals surface area contributed by atoms with Crippen LogP contribution in [0.1, 0.15) is 99.1 Å². The van der Waals surface area contributed by atoms with E-state index in [1.54, 1.807) is 7.05 Å². The Bertz CT molecular complexity index is 959. The standard InChI is InChI=1S/C27H40N4O2/c1-18(2)7-6-8-25-29-30-27(31(25)23-12-13-23)22(11-14-26(33)28-5)17-24(32)16-21-10-9-19(3)15-20(21)4/h9-10,15,18,22-23H,6-8,11-14,16-17H2,1-5H3,(H,28,33). The van der Waals surface area contributed by atoms with Gasteiger partial charge in [-0.05, 0) is 56.6 Å². The number of Topliss-reactive ketones (excluding diaryl/α,β-unsaturated/α-hetero) is 1. The fraction of sp³-hybridized carbons (Fsp3) is 0.630. The number of amides is 1. The Kier molecular flexibility index (Phi) is 8.81. The molecule has 2 aromatic rings. The first-order chi connectivity index (χ1) is 15.8. The van der Waals surface area contributed by atoms with Gasteiger partial charge < -0.3 is 9.88 Å². The van der Waals surface area contributed by atoms with Crippen molar-refractivity contribution in [3.63, 3.8) is 0 Å². The lowest BCUT2D eigenvalue weighted by atomic mass is 9.92. The van der Waals surface area contributed by atoms with Crippen LogP contribution in [0.2, 0.25) is 0 Å². The number of hydrogen-bond acceptors (Lipinski definition) is 4. The number of benzene rings is 1. The minimum atomic E-state index is -0.0903. The number of carbonyl (C=O) groups is 2. The van der Waals surface area contributed by atoms with Crippen LogP contribution in [0.3, 0.4) is 0 Å². The Balaban J connectivity index is 1.79. The number of ketones is 1. The van der Waals surface area contributed by atoms with Gasteiger partial charge >= 0.3 is 0 Å².